The Labute approximate surface area is 285 Å². The number of hydrogen-bond donors (Lipinski definition) is 2. The molecule has 0 atom stereocenters. The van der Waals surface area contributed by atoms with Crippen molar-refractivity contribution in [3.63, 3.8) is 0 Å². The lowest BCUT2D eigenvalue weighted by atomic mass is 9.77. The van der Waals surface area contributed by atoms with E-state index in [0.717, 1.165) is 43.5 Å². The van der Waals surface area contributed by atoms with Crippen molar-refractivity contribution in [2.24, 2.45) is 0 Å². The molecule has 0 bridgehead atoms. The van der Waals surface area contributed by atoms with Crippen LogP contribution in [0.2, 0.25) is 0 Å². The molecule has 0 aliphatic carbocycles. The molecule has 0 aliphatic rings. The Morgan fingerprint density at radius 1 is 0.700 bits per heavy atom. The van der Waals surface area contributed by atoms with Gasteiger partial charge in [0.25, 0.3) is 5.56 Å². The van der Waals surface area contributed by atoms with Gasteiger partial charge >= 0.3 is 5.97 Å². The van der Waals surface area contributed by atoms with Crippen LogP contribution in [-0.4, -0.2) is 45.9 Å². The van der Waals surface area contributed by atoms with E-state index in [1.165, 1.54) is 12.3 Å². The molecule has 0 unspecified atom stereocenters. The Morgan fingerprint density at radius 3 is 1.84 bits per heavy atom. The van der Waals surface area contributed by atoms with Crippen molar-refractivity contribution in [1.29, 1.82) is 0 Å². The molecular formula is C40H29N7O3. The van der Waals surface area contributed by atoms with Gasteiger partial charge in [0.1, 0.15) is 11.1 Å². The number of fused-ring (bicyclic) bond motifs is 1. The zero-order chi connectivity index (χ0) is 34.1. The Hall–Kier alpha value is -6.94. The average Bonchev–Trinajstić information content (AvgIpc) is 3.80. The van der Waals surface area contributed by atoms with Crippen LogP contribution in [0.3, 0.4) is 0 Å². The van der Waals surface area contributed by atoms with Gasteiger partial charge < -0.3 is 5.11 Å². The number of nitrogens with zero attached hydrogens (tertiary/aromatic N) is 6. The van der Waals surface area contributed by atoms with Gasteiger partial charge in [0.05, 0.1) is 5.69 Å². The normalized spacial score (nSPS) is 11.5. The summed E-state index contributed by atoms with van der Waals surface area (Å²) in [5, 5.41) is 26.5. The number of aromatic carboxylic acids is 1. The van der Waals surface area contributed by atoms with E-state index in [1.807, 2.05) is 108 Å². The van der Waals surface area contributed by atoms with E-state index in [-0.39, 0.29) is 23.2 Å². The number of hydrogen-bond acceptors (Lipinski definition) is 6. The van der Waals surface area contributed by atoms with E-state index in [4.69, 9.17) is 5.21 Å². The summed E-state index contributed by atoms with van der Waals surface area (Å²) in [6.07, 6.45) is 1.58. The fraction of sp³-hybridized carbons (Fsp3) is 0.0500. The van der Waals surface area contributed by atoms with Gasteiger partial charge in [-0.1, -0.05) is 140 Å². The lowest BCUT2D eigenvalue weighted by Crippen LogP contribution is -2.39. The van der Waals surface area contributed by atoms with Gasteiger partial charge in [-0.15, -0.1) is 5.10 Å². The number of benzene rings is 5. The first-order chi connectivity index (χ1) is 24.6. The van der Waals surface area contributed by atoms with Crippen molar-refractivity contribution in [2.75, 3.05) is 0 Å². The maximum absolute atomic E-state index is 12.4. The predicted octanol–water partition coefficient (Wildman–Crippen LogP) is 6.47. The summed E-state index contributed by atoms with van der Waals surface area (Å²) in [4.78, 5) is 28.7. The van der Waals surface area contributed by atoms with Crippen LogP contribution in [0.4, 0.5) is 0 Å². The molecule has 0 saturated carbocycles. The largest absolute Gasteiger partial charge is 0.477 e. The number of carbonyl (C=O) groups is 1. The van der Waals surface area contributed by atoms with Crippen molar-refractivity contribution in [3.05, 3.63) is 196 Å². The van der Waals surface area contributed by atoms with E-state index in [2.05, 4.69) is 56.8 Å². The minimum Gasteiger partial charge on any atom is -0.477 e. The number of carboxylic acids is 1. The van der Waals surface area contributed by atoms with Crippen molar-refractivity contribution in [1.82, 2.24) is 34.8 Å². The molecule has 10 nitrogen and oxygen atoms in total. The number of carboxylic acid groups (broad SMARTS) is 1. The second-order valence-electron chi connectivity index (χ2n) is 11.9. The van der Waals surface area contributed by atoms with Crippen molar-refractivity contribution in [2.45, 2.75) is 12.0 Å². The maximum Gasteiger partial charge on any atom is 0.341 e. The van der Waals surface area contributed by atoms with Crippen LogP contribution < -0.4 is 5.56 Å². The van der Waals surface area contributed by atoms with Crippen molar-refractivity contribution >= 4 is 11.6 Å². The Morgan fingerprint density at radius 2 is 1.26 bits per heavy atom. The Bertz CT molecular complexity index is 2410. The van der Waals surface area contributed by atoms with E-state index in [9.17, 15) is 14.7 Å². The number of H-pyrrole nitrogens is 1. The molecule has 0 amide bonds. The number of aromatic amines is 1. The third-order valence-electron chi connectivity index (χ3n) is 9.01. The maximum atomic E-state index is 12.4. The van der Waals surface area contributed by atoms with Gasteiger partial charge in [0.15, 0.2) is 11.5 Å². The van der Waals surface area contributed by atoms with E-state index in [1.54, 1.807) is 0 Å². The second kappa shape index (κ2) is 12.6. The first-order valence-electron chi connectivity index (χ1n) is 16.0. The molecule has 242 valence electrons. The molecule has 5 aromatic carbocycles. The average molecular weight is 656 g/mol. The summed E-state index contributed by atoms with van der Waals surface area (Å²) < 4.78 is 3.08. The van der Waals surface area contributed by atoms with Gasteiger partial charge in [-0.3, -0.25) is 9.89 Å². The summed E-state index contributed by atoms with van der Waals surface area (Å²) >= 11 is 0. The van der Waals surface area contributed by atoms with Gasteiger partial charge in [0.2, 0.25) is 0 Å². The van der Waals surface area contributed by atoms with Crippen LogP contribution in [0.25, 0.3) is 28.2 Å². The molecule has 50 heavy (non-hydrogen) atoms. The van der Waals surface area contributed by atoms with Gasteiger partial charge in [0, 0.05) is 24.2 Å². The monoisotopic (exact) mass is 655 g/mol. The lowest BCUT2D eigenvalue weighted by molar-refractivity contribution is 0.0697. The fourth-order valence-corrected chi connectivity index (χ4v) is 6.79. The molecule has 0 fully saturated rings. The zero-order valence-corrected chi connectivity index (χ0v) is 26.6. The number of tetrazole rings is 1. The van der Waals surface area contributed by atoms with Gasteiger partial charge in [-0.2, -0.15) is 0 Å². The molecule has 10 heteroatoms. The van der Waals surface area contributed by atoms with Crippen LogP contribution in [0.15, 0.2) is 157 Å². The van der Waals surface area contributed by atoms with E-state index >= 15 is 0 Å². The molecule has 0 saturated heterocycles. The highest BCUT2D eigenvalue weighted by atomic mass is 16.4. The molecule has 0 spiro atoms. The molecule has 3 aromatic heterocycles. The molecule has 2 N–H and O–H groups in total. The van der Waals surface area contributed by atoms with Crippen LogP contribution in [0.1, 0.15) is 38.3 Å². The first-order valence-corrected chi connectivity index (χ1v) is 16.0. The topological polar surface area (TPSA) is 131 Å². The van der Waals surface area contributed by atoms with Gasteiger partial charge in [-0.25, -0.2) is 19.0 Å². The fourth-order valence-electron chi connectivity index (χ4n) is 6.79. The molecule has 8 rings (SSSR count). The Balaban J connectivity index is 1.24. The highest BCUT2D eigenvalue weighted by Crippen LogP contribution is 2.43. The molecule has 0 radical (unpaired) electrons. The third kappa shape index (κ3) is 5.06. The molecular weight excluding hydrogens is 626 g/mol. The summed E-state index contributed by atoms with van der Waals surface area (Å²) in [5.74, 6) is -0.568. The van der Waals surface area contributed by atoms with Crippen molar-refractivity contribution < 1.29 is 9.90 Å². The number of rotatable bonds is 9. The van der Waals surface area contributed by atoms with Crippen LogP contribution in [-0.2, 0) is 12.0 Å². The Kier molecular flexibility index (Phi) is 7.65. The third-order valence-corrected chi connectivity index (χ3v) is 9.01. The smallest absolute Gasteiger partial charge is 0.341 e. The summed E-state index contributed by atoms with van der Waals surface area (Å²) in [5.41, 5.74) is 5.71. The predicted molar refractivity (Wildman–Crippen MR) is 189 cm³/mol. The van der Waals surface area contributed by atoms with Crippen LogP contribution >= 0.6 is 0 Å². The molecule has 3 heterocycles. The van der Waals surface area contributed by atoms with Crippen LogP contribution in [0, 0.1) is 0 Å². The van der Waals surface area contributed by atoms with Crippen molar-refractivity contribution in [3.8, 4) is 22.5 Å². The standard InChI is InChI=1S/C40H29N7O3/c48-35-24-25-41-38-36(39(49)50)34(43-46(35)38)26-27-20-22-28(23-21-27)32-18-10-11-19-33(32)37-42-44-45-47(37)40(29-12-4-1-5-13-29,30-14-6-2-7-15-30)31-16-8-3-9-17-31/h1-25,43H,26H2,(H,49,50). The highest BCUT2D eigenvalue weighted by Gasteiger charge is 2.42. The van der Waals surface area contributed by atoms with Gasteiger partial charge in [-0.05, 0) is 43.8 Å². The quantitative estimate of drug-likeness (QED) is 0.170. The summed E-state index contributed by atoms with van der Waals surface area (Å²) in [6, 6.07) is 48.0. The van der Waals surface area contributed by atoms with Crippen LogP contribution in [0.5, 0.6) is 0 Å². The molecule has 0 aliphatic heterocycles. The lowest BCUT2D eigenvalue weighted by Gasteiger charge is -2.36. The zero-order valence-electron chi connectivity index (χ0n) is 26.6. The minimum atomic E-state index is -1.15. The van der Waals surface area contributed by atoms with E-state index in [0.29, 0.717) is 11.5 Å². The molecule has 8 aromatic rings. The highest BCUT2D eigenvalue weighted by molar-refractivity contribution is 5.95. The van der Waals surface area contributed by atoms with E-state index < -0.39 is 11.5 Å². The summed E-state index contributed by atoms with van der Waals surface area (Å²) in [7, 11) is 0. The first kappa shape index (κ1) is 30.4. The number of aromatic nitrogens is 7. The SMILES string of the molecule is O=C(O)c1c(Cc2ccc(-c3ccccc3-c3nnnn3C(c3ccccc3)(c3ccccc3)c3ccccc3)cc2)[nH]n2c(=O)ccnc12. The summed E-state index contributed by atoms with van der Waals surface area (Å²) in [6.45, 7) is 0. The second-order valence-corrected chi connectivity index (χ2v) is 11.9. The minimum absolute atomic E-state index is 0.0253. The number of nitrogens with one attached hydrogen (secondary N) is 1.